The van der Waals surface area contributed by atoms with Gasteiger partial charge in [0.2, 0.25) is 11.8 Å². The van der Waals surface area contributed by atoms with Gasteiger partial charge in [0.25, 0.3) is 0 Å². The van der Waals surface area contributed by atoms with Gasteiger partial charge >= 0.3 is 5.76 Å². The van der Waals surface area contributed by atoms with Crippen molar-refractivity contribution < 1.29 is 9.21 Å². The molecular formula is C18H16N4O3. The SMILES string of the molecule is CC1Cc2ccccc2N1C(=O)Cn1nc(-c2ccncc2)oc1=O. The van der Waals surface area contributed by atoms with Gasteiger partial charge in [0, 0.05) is 29.7 Å². The molecule has 1 aliphatic rings. The van der Waals surface area contributed by atoms with Gasteiger partial charge in [-0.05, 0) is 37.1 Å². The molecule has 0 spiro atoms. The molecule has 7 nitrogen and oxygen atoms in total. The Labute approximate surface area is 143 Å². The Kier molecular flexibility index (Phi) is 3.68. The topological polar surface area (TPSA) is 81.2 Å². The van der Waals surface area contributed by atoms with E-state index in [1.54, 1.807) is 29.4 Å². The first-order valence-electron chi connectivity index (χ1n) is 8.02. The first kappa shape index (κ1) is 15.3. The first-order valence-corrected chi connectivity index (χ1v) is 8.02. The maximum absolute atomic E-state index is 12.8. The summed E-state index contributed by atoms with van der Waals surface area (Å²) in [6.45, 7) is 1.83. The Balaban J connectivity index is 1.60. The van der Waals surface area contributed by atoms with E-state index < -0.39 is 5.76 Å². The fourth-order valence-electron chi connectivity index (χ4n) is 3.17. The van der Waals surface area contributed by atoms with Crippen LogP contribution in [0, 0.1) is 0 Å². The van der Waals surface area contributed by atoms with Crippen molar-refractivity contribution in [3.63, 3.8) is 0 Å². The lowest BCUT2D eigenvalue weighted by Gasteiger charge is -2.22. The van der Waals surface area contributed by atoms with Crippen molar-refractivity contribution in [3.8, 4) is 11.5 Å². The van der Waals surface area contributed by atoms with Crippen LogP contribution in [-0.2, 0) is 17.8 Å². The van der Waals surface area contributed by atoms with Gasteiger partial charge < -0.3 is 9.32 Å². The summed E-state index contributed by atoms with van der Waals surface area (Å²) in [5.41, 5.74) is 2.66. The molecule has 126 valence electrons. The summed E-state index contributed by atoms with van der Waals surface area (Å²) in [7, 11) is 0. The van der Waals surface area contributed by atoms with E-state index in [1.165, 1.54) is 0 Å². The van der Waals surface area contributed by atoms with E-state index in [0.29, 0.717) is 5.56 Å². The van der Waals surface area contributed by atoms with Gasteiger partial charge in [0.05, 0.1) is 0 Å². The summed E-state index contributed by atoms with van der Waals surface area (Å²) >= 11 is 0. The third-order valence-electron chi connectivity index (χ3n) is 4.29. The number of hydrogen-bond donors (Lipinski definition) is 0. The zero-order chi connectivity index (χ0) is 17.4. The molecule has 0 saturated carbocycles. The van der Waals surface area contributed by atoms with Crippen molar-refractivity contribution in [1.29, 1.82) is 0 Å². The monoisotopic (exact) mass is 336 g/mol. The van der Waals surface area contributed by atoms with Crippen molar-refractivity contribution in [2.45, 2.75) is 25.9 Å². The maximum Gasteiger partial charge on any atom is 0.437 e. The van der Waals surface area contributed by atoms with Gasteiger partial charge in [-0.15, -0.1) is 5.10 Å². The first-order chi connectivity index (χ1) is 12.1. The van der Waals surface area contributed by atoms with Crippen LogP contribution in [0.15, 0.2) is 58.0 Å². The van der Waals surface area contributed by atoms with Crippen LogP contribution in [0.2, 0.25) is 0 Å². The summed E-state index contributed by atoms with van der Waals surface area (Å²) in [5.74, 6) is -0.663. The standard InChI is InChI=1S/C18H16N4O3/c1-12-10-14-4-2-3-5-15(14)22(12)16(23)11-21-18(24)25-17(20-21)13-6-8-19-9-7-13/h2-9,12H,10-11H2,1H3. The second-order valence-corrected chi connectivity index (χ2v) is 6.01. The van der Waals surface area contributed by atoms with Crippen molar-refractivity contribution in [1.82, 2.24) is 14.8 Å². The van der Waals surface area contributed by atoms with E-state index in [0.717, 1.165) is 22.4 Å². The molecule has 4 rings (SSSR count). The number of carbonyl (C=O) groups excluding carboxylic acids is 1. The van der Waals surface area contributed by atoms with Gasteiger partial charge in [0.1, 0.15) is 6.54 Å². The number of rotatable bonds is 3. The molecule has 0 radical (unpaired) electrons. The highest BCUT2D eigenvalue weighted by Crippen LogP contribution is 2.31. The highest BCUT2D eigenvalue weighted by molar-refractivity contribution is 5.96. The average molecular weight is 336 g/mol. The number of amides is 1. The van der Waals surface area contributed by atoms with Crippen LogP contribution in [0.3, 0.4) is 0 Å². The zero-order valence-corrected chi connectivity index (χ0v) is 13.6. The lowest BCUT2D eigenvalue weighted by atomic mass is 10.1. The minimum absolute atomic E-state index is 0.0483. The molecule has 25 heavy (non-hydrogen) atoms. The molecule has 2 aromatic heterocycles. The fraction of sp³-hybridized carbons (Fsp3) is 0.222. The number of anilines is 1. The Morgan fingerprint density at radius 1 is 1.24 bits per heavy atom. The number of aromatic nitrogens is 3. The number of carbonyl (C=O) groups is 1. The highest BCUT2D eigenvalue weighted by atomic mass is 16.4. The molecule has 1 amide bonds. The van der Waals surface area contributed by atoms with E-state index in [-0.39, 0.29) is 24.4 Å². The van der Waals surface area contributed by atoms with Gasteiger partial charge in [-0.2, -0.15) is 4.68 Å². The van der Waals surface area contributed by atoms with Crippen LogP contribution >= 0.6 is 0 Å². The molecule has 0 saturated heterocycles. The summed E-state index contributed by atoms with van der Waals surface area (Å²) < 4.78 is 6.22. The van der Waals surface area contributed by atoms with E-state index in [1.807, 2.05) is 31.2 Å². The molecule has 3 aromatic rings. The van der Waals surface area contributed by atoms with Crippen LogP contribution < -0.4 is 10.7 Å². The largest absolute Gasteiger partial charge is 0.437 e. The van der Waals surface area contributed by atoms with E-state index in [4.69, 9.17) is 4.42 Å². The van der Waals surface area contributed by atoms with Crippen LogP contribution in [0.25, 0.3) is 11.5 Å². The Morgan fingerprint density at radius 3 is 2.80 bits per heavy atom. The van der Waals surface area contributed by atoms with Gasteiger partial charge in [-0.3, -0.25) is 9.78 Å². The molecule has 0 aliphatic carbocycles. The lowest BCUT2D eigenvalue weighted by molar-refractivity contribution is -0.119. The van der Waals surface area contributed by atoms with E-state index >= 15 is 0 Å². The van der Waals surface area contributed by atoms with Crippen molar-refractivity contribution in [3.05, 3.63) is 64.9 Å². The quantitative estimate of drug-likeness (QED) is 0.729. The van der Waals surface area contributed by atoms with Crippen molar-refractivity contribution in [2.75, 3.05) is 4.90 Å². The maximum atomic E-state index is 12.8. The molecule has 0 N–H and O–H groups in total. The molecule has 1 aromatic carbocycles. The Bertz CT molecular complexity index is 977. The third kappa shape index (κ3) is 2.73. The summed E-state index contributed by atoms with van der Waals surface area (Å²) in [5, 5.41) is 4.13. The molecule has 7 heteroatoms. The average Bonchev–Trinajstić information content (AvgIpc) is 3.15. The van der Waals surface area contributed by atoms with Crippen LogP contribution in [-0.4, -0.2) is 26.7 Å². The summed E-state index contributed by atoms with van der Waals surface area (Å²) in [6, 6.07) is 11.2. The molecule has 0 fully saturated rings. The molecule has 1 aliphatic heterocycles. The normalized spacial score (nSPS) is 16.0. The van der Waals surface area contributed by atoms with Crippen LogP contribution in [0.4, 0.5) is 5.69 Å². The van der Waals surface area contributed by atoms with Crippen LogP contribution in [0.1, 0.15) is 12.5 Å². The van der Waals surface area contributed by atoms with Crippen molar-refractivity contribution in [2.24, 2.45) is 0 Å². The second-order valence-electron chi connectivity index (χ2n) is 6.01. The summed E-state index contributed by atoms with van der Waals surface area (Å²) in [6.07, 6.45) is 3.97. The predicted molar refractivity (Wildman–Crippen MR) is 91.1 cm³/mol. The van der Waals surface area contributed by atoms with Crippen LogP contribution in [0.5, 0.6) is 0 Å². The smallest absolute Gasteiger partial charge is 0.388 e. The minimum Gasteiger partial charge on any atom is -0.388 e. The zero-order valence-electron chi connectivity index (χ0n) is 13.6. The molecule has 1 unspecified atom stereocenters. The highest BCUT2D eigenvalue weighted by Gasteiger charge is 2.31. The molecule has 1 atom stereocenters. The van der Waals surface area contributed by atoms with Gasteiger partial charge in [-0.25, -0.2) is 4.79 Å². The third-order valence-corrected chi connectivity index (χ3v) is 4.29. The number of nitrogens with zero attached hydrogens (tertiary/aromatic N) is 4. The fourth-order valence-corrected chi connectivity index (χ4v) is 3.17. The minimum atomic E-state index is -0.653. The number of pyridine rings is 1. The van der Waals surface area contributed by atoms with E-state index in [9.17, 15) is 9.59 Å². The number of hydrogen-bond acceptors (Lipinski definition) is 5. The number of fused-ring (bicyclic) bond motifs is 1. The number of benzene rings is 1. The summed E-state index contributed by atoms with van der Waals surface area (Å²) in [4.78, 5) is 30.4. The molecule has 0 bridgehead atoms. The Hall–Kier alpha value is -3.22. The predicted octanol–water partition coefficient (Wildman–Crippen LogP) is 1.88. The van der Waals surface area contributed by atoms with Gasteiger partial charge in [0.15, 0.2) is 0 Å². The molecule has 3 heterocycles. The van der Waals surface area contributed by atoms with Crippen molar-refractivity contribution >= 4 is 11.6 Å². The molecular weight excluding hydrogens is 320 g/mol. The number of para-hydroxylation sites is 1. The Morgan fingerprint density at radius 2 is 2.00 bits per heavy atom. The van der Waals surface area contributed by atoms with E-state index in [2.05, 4.69) is 10.1 Å². The van der Waals surface area contributed by atoms with Gasteiger partial charge in [-0.1, -0.05) is 18.2 Å². The second kappa shape index (κ2) is 6.01. The lowest BCUT2D eigenvalue weighted by Crippen LogP contribution is -2.39.